The van der Waals surface area contributed by atoms with Crippen LogP contribution >= 0.6 is 0 Å². The minimum absolute atomic E-state index is 0.00105. The van der Waals surface area contributed by atoms with Crippen LogP contribution in [-0.4, -0.2) is 87.1 Å². The van der Waals surface area contributed by atoms with Gasteiger partial charge in [0.15, 0.2) is 9.84 Å². The predicted octanol–water partition coefficient (Wildman–Crippen LogP) is 2.11. The summed E-state index contributed by atoms with van der Waals surface area (Å²) in [5, 5.41) is 13.9. The van der Waals surface area contributed by atoms with Crippen molar-refractivity contribution in [2.75, 3.05) is 32.8 Å². The fourth-order valence-corrected chi connectivity index (χ4v) is 9.15. The molecule has 2 atom stereocenters. The molecule has 13 heteroatoms. The highest BCUT2D eigenvalue weighted by Crippen LogP contribution is 2.37. The number of aryl methyl sites for hydroxylation is 1. The molecule has 3 N–H and O–H groups in total. The topological polar surface area (TPSA) is 155 Å². The Hall–Kier alpha value is -2.81. The number of sulfonamides is 1. The Morgan fingerprint density at radius 1 is 1.14 bits per heavy atom. The van der Waals surface area contributed by atoms with Gasteiger partial charge in [0.2, 0.25) is 15.5 Å². The molecule has 0 amide bonds. The second-order valence-electron chi connectivity index (χ2n) is 11.9. The number of aromatic amines is 1. The van der Waals surface area contributed by atoms with Gasteiger partial charge in [-0.3, -0.25) is 4.79 Å². The Balaban J connectivity index is 0.993. The zero-order valence-electron chi connectivity index (χ0n) is 24.0. The van der Waals surface area contributed by atoms with Gasteiger partial charge in [-0.25, -0.2) is 16.8 Å². The first-order chi connectivity index (χ1) is 20.5. The lowest BCUT2D eigenvalue weighted by atomic mass is 9.88. The largest absolute Gasteiger partial charge is 0.491 e. The highest BCUT2D eigenvalue weighted by molar-refractivity contribution is 7.92. The van der Waals surface area contributed by atoms with Crippen molar-refractivity contribution >= 4 is 30.8 Å². The lowest BCUT2D eigenvalue weighted by Crippen LogP contribution is -2.47. The van der Waals surface area contributed by atoms with E-state index in [1.54, 1.807) is 30.3 Å². The molecule has 2 aliphatic heterocycles. The van der Waals surface area contributed by atoms with Crippen LogP contribution in [-0.2, 0) is 24.6 Å². The third-order valence-corrected chi connectivity index (χ3v) is 12.8. The van der Waals surface area contributed by atoms with Gasteiger partial charge in [-0.15, -0.1) is 0 Å². The Kier molecular flexibility index (Phi) is 8.16. The zero-order valence-corrected chi connectivity index (χ0v) is 25.6. The molecule has 1 saturated carbocycles. The molecule has 2 aromatic carbocycles. The van der Waals surface area contributed by atoms with Crippen molar-refractivity contribution in [1.82, 2.24) is 14.6 Å². The molecule has 232 valence electrons. The monoisotopic (exact) mass is 631 g/mol. The van der Waals surface area contributed by atoms with Crippen LogP contribution in [0.4, 0.5) is 0 Å². The first-order valence-electron chi connectivity index (χ1n) is 14.6. The number of aliphatic hydroxyl groups is 1. The minimum atomic E-state index is -3.98. The molecule has 11 nitrogen and oxygen atoms in total. The van der Waals surface area contributed by atoms with Crippen LogP contribution in [0, 0.1) is 6.92 Å². The van der Waals surface area contributed by atoms with Crippen molar-refractivity contribution < 1.29 is 31.4 Å². The summed E-state index contributed by atoms with van der Waals surface area (Å²) in [5.41, 5.74) is 0.499. The highest BCUT2D eigenvalue weighted by Gasteiger charge is 2.45. The third-order valence-electron chi connectivity index (χ3n) is 8.64. The molecule has 1 spiro atoms. The number of aliphatic hydroxyl groups excluding tert-OH is 1. The van der Waals surface area contributed by atoms with Crippen LogP contribution in [0.5, 0.6) is 5.75 Å². The van der Waals surface area contributed by atoms with Gasteiger partial charge in [-0.1, -0.05) is 17.7 Å². The normalized spacial score (nSPS) is 21.8. The van der Waals surface area contributed by atoms with Gasteiger partial charge >= 0.3 is 0 Å². The molecule has 0 bridgehead atoms. The fourth-order valence-electron chi connectivity index (χ4n) is 5.97. The SMILES string of the molecule is Cc1ccc2[nH]cc(S(=O)(=O)N3CCC4(CC3)C[C@@H](NC[C@H](O)COc3cccc(S(=O)(=O)C5CC5)c3)CO4)c(=O)c2c1. The summed E-state index contributed by atoms with van der Waals surface area (Å²) in [7, 11) is -7.30. The molecule has 1 aromatic heterocycles. The molecular formula is C30H37N3O8S2. The van der Waals surface area contributed by atoms with Crippen molar-refractivity contribution in [3.05, 3.63) is 64.4 Å². The number of aromatic nitrogens is 1. The second kappa shape index (κ2) is 11.6. The maximum Gasteiger partial charge on any atom is 0.248 e. The number of hydrogen-bond donors (Lipinski definition) is 3. The fraction of sp³-hybridized carbons (Fsp3) is 0.500. The number of hydrogen-bond acceptors (Lipinski definition) is 9. The summed E-state index contributed by atoms with van der Waals surface area (Å²) in [6, 6.07) is 11.7. The molecular weight excluding hydrogens is 594 g/mol. The van der Waals surface area contributed by atoms with E-state index in [2.05, 4.69) is 10.3 Å². The lowest BCUT2D eigenvalue weighted by molar-refractivity contribution is -0.0312. The van der Waals surface area contributed by atoms with Gasteiger partial charge in [0.25, 0.3) is 0 Å². The molecule has 43 heavy (non-hydrogen) atoms. The van der Waals surface area contributed by atoms with Crippen LogP contribution in [0.1, 0.15) is 37.7 Å². The smallest absolute Gasteiger partial charge is 0.248 e. The molecule has 2 saturated heterocycles. The van der Waals surface area contributed by atoms with E-state index < -0.39 is 37.0 Å². The number of nitrogens with one attached hydrogen (secondary N) is 2. The molecule has 0 radical (unpaired) electrons. The number of rotatable bonds is 10. The zero-order chi connectivity index (χ0) is 30.4. The Morgan fingerprint density at radius 3 is 2.65 bits per heavy atom. The molecule has 3 heterocycles. The summed E-state index contributed by atoms with van der Waals surface area (Å²) < 4.78 is 65.0. The van der Waals surface area contributed by atoms with E-state index in [1.807, 2.05) is 13.0 Å². The van der Waals surface area contributed by atoms with Crippen LogP contribution < -0.4 is 15.5 Å². The number of H-pyrrole nitrogens is 1. The van der Waals surface area contributed by atoms with E-state index in [9.17, 15) is 26.7 Å². The van der Waals surface area contributed by atoms with E-state index in [1.165, 1.54) is 16.6 Å². The molecule has 1 aliphatic carbocycles. The maximum absolute atomic E-state index is 13.4. The summed E-state index contributed by atoms with van der Waals surface area (Å²) in [6.45, 7) is 3.03. The van der Waals surface area contributed by atoms with E-state index in [0.29, 0.717) is 55.4 Å². The summed E-state index contributed by atoms with van der Waals surface area (Å²) >= 11 is 0. The van der Waals surface area contributed by atoms with Crippen molar-refractivity contribution in [2.45, 2.75) is 71.8 Å². The van der Waals surface area contributed by atoms with Crippen LogP contribution in [0.2, 0.25) is 0 Å². The van der Waals surface area contributed by atoms with Crippen LogP contribution in [0.3, 0.4) is 0 Å². The predicted molar refractivity (Wildman–Crippen MR) is 161 cm³/mol. The number of fused-ring (bicyclic) bond motifs is 1. The van der Waals surface area contributed by atoms with Gasteiger partial charge in [-0.05, 0) is 69.4 Å². The van der Waals surface area contributed by atoms with E-state index in [4.69, 9.17) is 9.47 Å². The van der Waals surface area contributed by atoms with Crippen LogP contribution in [0.25, 0.3) is 10.9 Å². The number of ether oxygens (including phenoxy) is 2. The van der Waals surface area contributed by atoms with Gasteiger partial charge < -0.3 is 24.9 Å². The summed E-state index contributed by atoms with van der Waals surface area (Å²) in [5.74, 6) is 0.395. The van der Waals surface area contributed by atoms with Crippen molar-refractivity contribution in [2.24, 2.45) is 0 Å². The number of pyridine rings is 1. The van der Waals surface area contributed by atoms with Gasteiger partial charge in [-0.2, -0.15) is 4.31 Å². The molecule has 3 aliphatic rings. The molecule has 3 fully saturated rings. The Labute approximate surface area is 251 Å². The summed E-state index contributed by atoms with van der Waals surface area (Å²) in [6.07, 6.45) is 3.51. The van der Waals surface area contributed by atoms with Crippen LogP contribution in [0.15, 0.2) is 63.2 Å². The van der Waals surface area contributed by atoms with Gasteiger partial charge in [0.1, 0.15) is 23.4 Å². The minimum Gasteiger partial charge on any atom is -0.491 e. The first-order valence-corrected chi connectivity index (χ1v) is 17.6. The number of piperidine rings is 1. The average Bonchev–Trinajstić information content (AvgIpc) is 3.79. The maximum atomic E-state index is 13.4. The quantitative estimate of drug-likeness (QED) is 0.305. The standard InChI is InChI=1S/C30H37N3O8S2/c1-20-5-8-27-26(13-20)29(35)28(17-32-27)43(38,39)33-11-9-30(10-12-33)15-21(18-41-30)31-16-22(34)19-40-23-3-2-4-25(14-23)42(36,37)24-6-7-24/h2-5,8,13-14,17,21-22,24,31,34H,6-7,9-12,15-16,18-19H2,1H3,(H,32,35)/t21-,22+/m1/s1. The van der Waals surface area contributed by atoms with Crippen molar-refractivity contribution in [1.29, 1.82) is 0 Å². The first kappa shape index (κ1) is 30.2. The molecule has 0 unspecified atom stereocenters. The number of benzene rings is 2. The Bertz CT molecular complexity index is 1780. The molecule has 6 rings (SSSR count). The summed E-state index contributed by atoms with van der Waals surface area (Å²) in [4.78, 5) is 16.0. The van der Waals surface area contributed by atoms with Crippen molar-refractivity contribution in [3.63, 3.8) is 0 Å². The van der Waals surface area contributed by atoms with E-state index in [-0.39, 0.29) is 47.3 Å². The van der Waals surface area contributed by atoms with E-state index in [0.717, 1.165) is 5.56 Å². The average molecular weight is 632 g/mol. The lowest BCUT2D eigenvalue weighted by Gasteiger charge is -2.37. The van der Waals surface area contributed by atoms with E-state index >= 15 is 0 Å². The Morgan fingerprint density at radius 2 is 1.91 bits per heavy atom. The molecule has 3 aromatic rings. The highest BCUT2D eigenvalue weighted by atomic mass is 32.2. The van der Waals surface area contributed by atoms with Gasteiger partial charge in [0.05, 0.1) is 22.4 Å². The second-order valence-corrected chi connectivity index (χ2v) is 16.1. The van der Waals surface area contributed by atoms with Gasteiger partial charge in [0, 0.05) is 42.8 Å². The van der Waals surface area contributed by atoms with Crippen molar-refractivity contribution in [3.8, 4) is 5.75 Å². The number of sulfone groups is 1. The third kappa shape index (κ3) is 6.24. The number of nitrogens with zero attached hydrogens (tertiary/aromatic N) is 1.